The summed E-state index contributed by atoms with van der Waals surface area (Å²) in [5.74, 6) is 0. The molecule has 0 aromatic carbocycles. The van der Waals surface area contributed by atoms with E-state index in [0.29, 0.717) is 11.5 Å². The average molecular weight is 224 g/mol. The summed E-state index contributed by atoms with van der Waals surface area (Å²) in [5, 5.41) is 3.68. The van der Waals surface area contributed by atoms with Crippen LogP contribution in [0.15, 0.2) is 12.2 Å². The van der Waals surface area contributed by atoms with Gasteiger partial charge in [-0.3, -0.25) is 4.90 Å². The number of hydrogen-bond donors (Lipinski definition) is 1. The fourth-order valence-electron chi connectivity index (χ4n) is 2.53. The van der Waals surface area contributed by atoms with Gasteiger partial charge in [-0.1, -0.05) is 32.9 Å². The van der Waals surface area contributed by atoms with Gasteiger partial charge in [0.25, 0.3) is 0 Å². The molecule has 1 fully saturated rings. The van der Waals surface area contributed by atoms with E-state index in [1.54, 1.807) is 0 Å². The monoisotopic (exact) mass is 224 g/mol. The lowest BCUT2D eigenvalue weighted by Crippen LogP contribution is -2.53. The second kappa shape index (κ2) is 5.83. The molecule has 0 radical (unpaired) electrons. The van der Waals surface area contributed by atoms with E-state index in [-0.39, 0.29) is 0 Å². The summed E-state index contributed by atoms with van der Waals surface area (Å²) in [6.45, 7) is 17.6. The molecular formula is C14H28N2. The molecule has 1 N–H and O–H groups in total. The van der Waals surface area contributed by atoms with Crippen molar-refractivity contribution in [3.05, 3.63) is 12.2 Å². The van der Waals surface area contributed by atoms with Gasteiger partial charge in [0.1, 0.15) is 0 Å². The number of nitrogens with one attached hydrogen (secondary N) is 1. The van der Waals surface area contributed by atoms with Gasteiger partial charge >= 0.3 is 0 Å². The molecule has 2 heteroatoms. The molecule has 16 heavy (non-hydrogen) atoms. The van der Waals surface area contributed by atoms with Crippen molar-refractivity contribution in [3.63, 3.8) is 0 Å². The molecule has 1 aliphatic heterocycles. The van der Waals surface area contributed by atoms with Gasteiger partial charge in [0.15, 0.2) is 0 Å². The van der Waals surface area contributed by atoms with E-state index in [0.717, 1.165) is 19.6 Å². The lowest BCUT2D eigenvalue weighted by Gasteiger charge is -2.42. The zero-order valence-electron chi connectivity index (χ0n) is 11.5. The largest absolute Gasteiger partial charge is 0.312 e. The predicted molar refractivity (Wildman–Crippen MR) is 71.7 cm³/mol. The van der Waals surface area contributed by atoms with Crippen LogP contribution in [-0.2, 0) is 0 Å². The zero-order valence-corrected chi connectivity index (χ0v) is 11.5. The van der Waals surface area contributed by atoms with Crippen LogP contribution in [0.5, 0.6) is 0 Å². The standard InChI is InChI=1S/C14H28N2/c1-6-16(10-12(2)3)11-13-14(4,5)8-7-9-15-13/h13,15H,2,6-11H2,1,3-5H3. The Labute approximate surface area is 101 Å². The van der Waals surface area contributed by atoms with Crippen molar-refractivity contribution in [2.24, 2.45) is 5.41 Å². The summed E-state index contributed by atoms with van der Waals surface area (Å²) < 4.78 is 0. The van der Waals surface area contributed by atoms with Crippen LogP contribution in [0.4, 0.5) is 0 Å². The summed E-state index contributed by atoms with van der Waals surface area (Å²) in [7, 11) is 0. The molecule has 1 saturated heterocycles. The number of likely N-dealkylation sites (N-methyl/N-ethyl adjacent to an activating group) is 1. The van der Waals surface area contributed by atoms with Gasteiger partial charge in [-0.05, 0) is 38.3 Å². The molecule has 1 heterocycles. The van der Waals surface area contributed by atoms with Gasteiger partial charge in [0, 0.05) is 19.1 Å². The third-order valence-corrected chi connectivity index (χ3v) is 3.71. The SMILES string of the molecule is C=C(C)CN(CC)CC1NCCCC1(C)C. The van der Waals surface area contributed by atoms with Crippen molar-refractivity contribution in [1.29, 1.82) is 0 Å². The highest BCUT2D eigenvalue weighted by Crippen LogP contribution is 2.30. The van der Waals surface area contributed by atoms with Gasteiger partial charge in [-0.15, -0.1) is 0 Å². The van der Waals surface area contributed by atoms with Crippen LogP contribution in [0.1, 0.15) is 40.5 Å². The van der Waals surface area contributed by atoms with Crippen molar-refractivity contribution >= 4 is 0 Å². The maximum atomic E-state index is 4.01. The summed E-state index contributed by atoms with van der Waals surface area (Å²) in [6.07, 6.45) is 2.66. The van der Waals surface area contributed by atoms with Crippen molar-refractivity contribution in [2.75, 3.05) is 26.2 Å². The van der Waals surface area contributed by atoms with E-state index < -0.39 is 0 Å². The first-order valence-corrected chi connectivity index (χ1v) is 6.56. The van der Waals surface area contributed by atoms with E-state index in [2.05, 4.69) is 44.5 Å². The van der Waals surface area contributed by atoms with Crippen molar-refractivity contribution < 1.29 is 0 Å². The number of rotatable bonds is 5. The third-order valence-electron chi connectivity index (χ3n) is 3.71. The first-order chi connectivity index (χ1) is 7.45. The molecule has 0 amide bonds. The minimum absolute atomic E-state index is 0.431. The highest BCUT2D eigenvalue weighted by molar-refractivity contribution is 4.95. The Kier molecular flexibility index (Phi) is 5.00. The Bertz CT molecular complexity index is 233. The van der Waals surface area contributed by atoms with Crippen molar-refractivity contribution in [3.8, 4) is 0 Å². The minimum Gasteiger partial charge on any atom is -0.312 e. The lowest BCUT2D eigenvalue weighted by atomic mass is 9.77. The van der Waals surface area contributed by atoms with Crippen molar-refractivity contribution in [2.45, 2.75) is 46.6 Å². The molecule has 1 atom stereocenters. The number of nitrogens with zero attached hydrogens (tertiary/aromatic N) is 1. The van der Waals surface area contributed by atoms with E-state index in [1.807, 2.05) is 0 Å². The fraction of sp³-hybridized carbons (Fsp3) is 0.857. The lowest BCUT2D eigenvalue weighted by molar-refractivity contribution is 0.133. The summed E-state index contributed by atoms with van der Waals surface area (Å²) in [4.78, 5) is 2.49. The van der Waals surface area contributed by atoms with Crippen molar-refractivity contribution in [1.82, 2.24) is 10.2 Å². The fourth-order valence-corrected chi connectivity index (χ4v) is 2.53. The maximum absolute atomic E-state index is 4.01. The Balaban J connectivity index is 2.52. The smallest absolute Gasteiger partial charge is 0.0246 e. The van der Waals surface area contributed by atoms with Crippen LogP contribution in [0.3, 0.4) is 0 Å². The highest BCUT2D eigenvalue weighted by atomic mass is 15.1. The molecular weight excluding hydrogens is 196 g/mol. The van der Waals surface area contributed by atoms with Crippen LogP contribution in [0.25, 0.3) is 0 Å². The topological polar surface area (TPSA) is 15.3 Å². The quantitative estimate of drug-likeness (QED) is 0.722. The Morgan fingerprint density at radius 3 is 2.69 bits per heavy atom. The van der Waals surface area contributed by atoms with E-state index >= 15 is 0 Å². The predicted octanol–water partition coefficient (Wildman–Crippen LogP) is 2.66. The van der Waals surface area contributed by atoms with Gasteiger partial charge in [0.2, 0.25) is 0 Å². The van der Waals surface area contributed by atoms with E-state index in [4.69, 9.17) is 0 Å². The van der Waals surface area contributed by atoms with Crippen LogP contribution >= 0.6 is 0 Å². The van der Waals surface area contributed by atoms with Gasteiger partial charge in [0.05, 0.1) is 0 Å². The first-order valence-electron chi connectivity index (χ1n) is 6.56. The van der Waals surface area contributed by atoms with Crippen LogP contribution in [0.2, 0.25) is 0 Å². The van der Waals surface area contributed by atoms with Crippen LogP contribution in [-0.4, -0.2) is 37.1 Å². The Hall–Kier alpha value is -0.340. The molecule has 0 aliphatic carbocycles. The Morgan fingerprint density at radius 2 is 2.19 bits per heavy atom. The van der Waals surface area contributed by atoms with Gasteiger partial charge in [-0.2, -0.15) is 0 Å². The van der Waals surface area contributed by atoms with Gasteiger partial charge < -0.3 is 5.32 Å². The normalized spacial score (nSPS) is 24.7. The molecule has 0 aromatic heterocycles. The molecule has 1 aliphatic rings. The molecule has 0 saturated carbocycles. The van der Waals surface area contributed by atoms with Crippen LogP contribution < -0.4 is 5.32 Å². The summed E-state index contributed by atoms with van der Waals surface area (Å²) in [5.41, 5.74) is 1.69. The highest BCUT2D eigenvalue weighted by Gasteiger charge is 2.32. The van der Waals surface area contributed by atoms with E-state index in [1.165, 1.54) is 25.0 Å². The summed E-state index contributed by atoms with van der Waals surface area (Å²) in [6, 6.07) is 0.626. The zero-order chi connectivity index (χ0) is 12.2. The van der Waals surface area contributed by atoms with Crippen LogP contribution in [0, 0.1) is 5.41 Å². The van der Waals surface area contributed by atoms with Gasteiger partial charge in [-0.25, -0.2) is 0 Å². The summed E-state index contributed by atoms with van der Waals surface area (Å²) >= 11 is 0. The second-order valence-electron chi connectivity index (χ2n) is 5.88. The first kappa shape index (κ1) is 13.7. The molecule has 2 nitrogen and oxygen atoms in total. The molecule has 0 bridgehead atoms. The number of hydrogen-bond acceptors (Lipinski definition) is 2. The van der Waals surface area contributed by atoms with E-state index in [9.17, 15) is 0 Å². The molecule has 94 valence electrons. The number of piperidine rings is 1. The Morgan fingerprint density at radius 1 is 1.50 bits per heavy atom. The average Bonchev–Trinajstić information content (AvgIpc) is 2.19. The molecule has 1 unspecified atom stereocenters. The maximum Gasteiger partial charge on any atom is 0.0246 e. The molecule has 0 aromatic rings. The molecule has 0 spiro atoms. The third kappa shape index (κ3) is 3.91. The molecule has 1 rings (SSSR count). The second-order valence-corrected chi connectivity index (χ2v) is 5.88. The minimum atomic E-state index is 0.431.